The largest absolute Gasteiger partial charge is 0.495 e. The fraction of sp³-hybridized carbons (Fsp3) is 0.0824. The molecule has 8 N–H and O–H groups in total. The normalized spacial score (nSPS) is 12.8. The summed E-state index contributed by atoms with van der Waals surface area (Å²) in [5.74, 6) is 2.24. The fourth-order valence-corrected chi connectivity index (χ4v) is 16.4. The number of para-hydroxylation sites is 8. The molecular weight excluding hydrogens is 1490 g/mol. The van der Waals surface area contributed by atoms with E-state index in [0.717, 1.165) is 136 Å². The number of halogens is 4. The SMILES string of the molecule is Brc1ccc2c(c1)C1(c3cc(Br)ccc3-2)c2cc(Br)ccc2-c2ccc(Br)cc21.COc1ccccc1N.COc1ccccc1Nc1ccc2c(c1)C1(c3cc(Nc4ccccc4CO)ccc3-2)c2cc(Nc3ccccc3CO)ccc2-c2ccc(Nc3ccccc3OC)cc21. The zero-order valence-corrected chi connectivity index (χ0v) is 60.4. The first kappa shape index (κ1) is 65.1. The Kier molecular flexibility index (Phi) is 17.8. The predicted molar refractivity (Wildman–Crippen MR) is 418 cm³/mol. The van der Waals surface area contributed by atoms with Gasteiger partial charge >= 0.3 is 0 Å². The second-order valence-corrected chi connectivity index (χ2v) is 28.2. The van der Waals surface area contributed by atoms with E-state index < -0.39 is 5.41 Å². The number of aliphatic hydroxyl groups is 2. The standard InChI is InChI=1S/C53H44N4O4.C25H12Br4.C7H9NO/c1-60-51-17-9-7-15-49(51)56-37-21-25-41-39-23-19-35(54-47-13-5-3-11-33(47)31-58)27-43(39)53(45(41)29-37)44-28-36(55-48-14-6-4-12-34(48)32-59)20-24-40(44)42-26-22-38(30-46(42)53)57-50-16-8-10-18-52(50)61-2;26-13-1-5-17-18-6-2-14(27)10-22(18)25(21(17)9-13)23-11-15(28)3-7-19(23)20-8-4-16(29)12-24(20)25;1-9-7-5-3-2-4-6(7)8/h3-30,54-59H,31-32H2,1-2H3;1-12H;2-5H,8H2,1H3. The van der Waals surface area contributed by atoms with Gasteiger partial charge in [-0.3, -0.25) is 0 Å². The Morgan fingerprint density at radius 1 is 0.293 bits per heavy atom. The molecule has 0 atom stereocenters. The Bertz CT molecular complexity index is 4720. The molecule has 13 aromatic rings. The van der Waals surface area contributed by atoms with Crippen LogP contribution in [0.15, 0.2) is 285 Å². The van der Waals surface area contributed by atoms with E-state index in [1.165, 1.54) is 44.5 Å². The molecule has 17 rings (SSSR count). The summed E-state index contributed by atoms with van der Waals surface area (Å²) in [6.07, 6.45) is 0. The molecule has 14 heteroatoms. The van der Waals surface area contributed by atoms with Crippen LogP contribution in [0.5, 0.6) is 17.2 Å². The van der Waals surface area contributed by atoms with Crippen molar-refractivity contribution in [2.45, 2.75) is 24.0 Å². The number of nitrogens with one attached hydrogen (secondary N) is 4. The van der Waals surface area contributed by atoms with Crippen LogP contribution in [0, 0.1) is 0 Å². The first-order valence-electron chi connectivity index (χ1n) is 32.3. The van der Waals surface area contributed by atoms with Gasteiger partial charge in [0.2, 0.25) is 0 Å². The van der Waals surface area contributed by atoms with Crippen molar-refractivity contribution < 1.29 is 24.4 Å². The Labute approximate surface area is 609 Å². The van der Waals surface area contributed by atoms with Crippen molar-refractivity contribution in [3.8, 4) is 61.8 Å². The predicted octanol–water partition coefficient (Wildman–Crippen LogP) is 22.4. The Hall–Kier alpha value is -9.90. The number of hydrogen-bond acceptors (Lipinski definition) is 10. The van der Waals surface area contributed by atoms with Gasteiger partial charge in [-0.25, -0.2) is 0 Å². The maximum atomic E-state index is 10.3. The molecule has 4 aliphatic carbocycles. The zero-order valence-electron chi connectivity index (χ0n) is 54.0. The number of aliphatic hydroxyl groups excluding tert-OH is 2. The van der Waals surface area contributed by atoms with Gasteiger partial charge in [-0.1, -0.05) is 185 Å². The van der Waals surface area contributed by atoms with Gasteiger partial charge in [-0.05, 0) is 235 Å². The number of nitrogens with two attached hydrogens (primary N) is 1. The molecule has 10 nitrogen and oxygen atoms in total. The smallest absolute Gasteiger partial charge is 0.142 e. The monoisotopic (exact) mass is 1550 g/mol. The number of rotatable bonds is 13. The summed E-state index contributed by atoms with van der Waals surface area (Å²) < 4.78 is 20.8. The highest BCUT2D eigenvalue weighted by Gasteiger charge is 2.54. The van der Waals surface area contributed by atoms with Crippen LogP contribution in [0.25, 0.3) is 44.5 Å². The minimum absolute atomic E-state index is 0.0800. The Morgan fingerprint density at radius 2 is 0.535 bits per heavy atom. The molecule has 0 amide bonds. The van der Waals surface area contributed by atoms with E-state index >= 15 is 0 Å². The molecule has 0 aliphatic heterocycles. The molecule has 0 unspecified atom stereocenters. The lowest BCUT2D eigenvalue weighted by molar-refractivity contribution is 0.282. The Balaban J connectivity index is 0.000000171. The van der Waals surface area contributed by atoms with Crippen LogP contribution in [0.1, 0.15) is 55.6 Å². The molecule has 13 aromatic carbocycles. The van der Waals surface area contributed by atoms with E-state index in [1.54, 1.807) is 27.4 Å². The van der Waals surface area contributed by atoms with E-state index in [9.17, 15) is 10.2 Å². The topological polar surface area (TPSA) is 142 Å². The number of methoxy groups -OCH3 is 3. The molecular formula is C85H65Br4N5O5. The average molecular weight is 1560 g/mol. The number of benzene rings is 13. The molecule has 99 heavy (non-hydrogen) atoms. The molecule has 4 aliphatic rings. The van der Waals surface area contributed by atoms with Crippen molar-refractivity contribution in [2.75, 3.05) is 48.3 Å². The highest BCUT2D eigenvalue weighted by molar-refractivity contribution is 9.11. The Morgan fingerprint density at radius 3 is 0.818 bits per heavy atom. The number of hydrogen-bond donors (Lipinski definition) is 7. The fourth-order valence-electron chi connectivity index (χ4n) is 15.0. The lowest BCUT2D eigenvalue weighted by atomic mass is 9.70. The maximum Gasteiger partial charge on any atom is 0.142 e. The summed E-state index contributed by atoms with van der Waals surface area (Å²) in [6.45, 7) is -0.160. The van der Waals surface area contributed by atoms with Gasteiger partial charge in [0.05, 0.1) is 62.4 Å². The van der Waals surface area contributed by atoms with Gasteiger partial charge in [0.1, 0.15) is 17.2 Å². The third kappa shape index (κ3) is 11.4. The molecule has 2 spiro atoms. The van der Waals surface area contributed by atoms with E-state index in [4.69, 9.17) is 19.9 Å². The summed E-state index contributed by atoms with van der Waals surface area (Å²) in [5, 5.41) is 35.2. The average Bonchev–Trinajstić information content (AvgIpc) is 1.52. The molecule has 0 saturated carbocycles. The van der Waals surface area contributed by atoms with Crippen molar-refractivity contribution in [3.05, 3.63) is 340 Å². The van der Waals surface area contributed by atoms with Gasteiger partial charge in [0.25, 0.3) is 0 Å². The van der Waals surface area contributed by atoms with Crippen LogP contribution in [0.3, 0.4) is 0 Å². The minimum Gasteiger partial charge on any atom is -0.495 e. The van der Waals surface area contributed by atoms with Crippen LogP contribution < -0.4 is 41.2 Å². The van der Waals surface area contributed by atoms with Crippen molar-refractivity contribution in [1.82, 2.24) is 0 Å². The van der Waals surface area contributed by atoms with Crippen molar-refractivity contribution in [2.24, 2.45) is 0 Å². The maximum absolute atomic E-state index is 10.3. The van der Waals surface area contributed by atoms with Crippen molar-refractivity contribution in [3.63, 3.8) is 0 Å². The van der Waals surface area contributed by atoms with E-state index in [2.05, 4.69) is 231 Å². The minimum atomic E-state index is -0.783. The number of ether oxygens (including phenoxy) is 3. The van der Waals surface area contributed by atoms with E-state index in [1.807, 2.05) is 115 Å². The number of fused-ring (bicyclic) bond motifs is 20. The second kappa shape index (κ2) is 27.1. The quantitative estimate of drug-likeness (QED) is 0.0558. The molecule has 0 fully saturated rings. The number of nitrogen functional groups attached to an aromatic ring is 1. The summed E-state index contributed by atoms with van der Waals surface area (Å²) in [6, 6.07) is 92.3. The van der Waals surface area contributed by atoms with Crippen LogP contribution in [-0.2, 0) is 24.0 Å². The van der Waals surface area contributed by atoms with Crippen LogP contribution in [-0.4, -0.2) is 31.5 Å². The molecule has 0 saturated heterocycles. The van der Waals surface area contributed by atoms with Crippen molar-refractivity contribution >= 4 is 115 Å². The van der Waals surface area contributed by atoms with Crippen LogP contribution in [0.2, 0.25) is 0 Å². The molecule has 0 aromatic heterocycles. The van der Waals surface area contributed by atoms with Crippen LogP contribution in [0.4, 0.5) is 51.2 Å². The molecule has 0 heterocycles. The van der Waals surface area contributed by atoms with Gasteiger partial charge < -0.3 is 51.4 Å². The third-order valence-corrected chi connectivity index (χ3v) is 21.2. The summed E-state index contributed by atoms with van der Waals surface area (Å²) in [7, 11) is 4.98. The second-order valence-electron chi connectivity index (χ2n) is 24.6. The first-order valence-corrected chi connectivity index (χ1v) is 35.4. The highest BCUT2D eigenvalue weighted by atomic mass is 79.9. The van der Waals surface area contributed by atoms with E-state index in [-0.39, 0.29) is 18.6 Å². The zero-order chi connectivity index (χ0) is 68.1. The van der Waals surface area contributed by atoms with Gasteiger partial charge in [0.15, 0.2) is 0 Å². The van der Waals surface area contributed by atoms with Gasteiger partial charge in [0, 0.05) is 63.1 Å². The lowest BCUT2D eigenvalue weighted by Crippen LogP contribution is -2.26. The summed E-state index contributed by atoms with van der Waals surface area (Å²) >= 11 is 14.9. The molecule has 0 bridgehead atoms. The summed E-state index contributed by atoms with van der Waals surface area (Å²) in [4.78, 5) is 0. The van der Waals surface area contributed by atoms with Gasteiger partial charge in [-0.15, -0.1) is 0 Å². The summed E-state index contributed by atoms with van der Waals surface area (Å²) in [5.41, 5.74) is 33.4. The molecule has 0 radical (unpaired) electrons. The highest BCUT2D eigenvalue weighted by Crippen LogP contribution is 2.66. The van der Waals surface area contributed by atoms with Crippen LogP contribution >= 0.6 is 63.7 Å². The van der Waals surface area contributed by atoms with Gasteiger partial charge in [-0.2, -0.15) is 0 Å². The van der Waals surface area contributed by atoms with Crippen molar-refractivity contribution in [1.29, 1.82) is 0 Å². The number of anilines is 9. The first-order chi connectivity index (χ1) is 48.4. The lowest BCUT2D eigenvalue weighted by Gasteiger charge is -2.32. The third-order valence-electron chi connectivity index (χ3n) is 19.2. The van der Waals surface area contributed by atoms with E-state index in [0.29, 0.717) is 5.69 Å². The molecule has 488 valence electrons.